The molecule has 0 aromatic heterocycles. The van der Waals surface area contributed by atoms with Gasteiger partial charge in [0.2, 0.25) is 0 Å². The van der Waals surface area contributed by atoms with Crippen LogP contribution in [0.15, 0.2) is 24.3 Å². The summed E-state index contributed by atoms with van der Waals surface area (Å²) in [7, 11) is 0. The maximum Gasteiger partial charge on any atom is 0.416 e. The molecule has 2 unspecified atom stereocenters. The van der Waals surface area contributed by atoms with Gasteiger partial charge in [0.25, 0.3) is 0 Å². The molecule has 0 spiro atoms. The Balaban J connectivity index is 1.90. The molecule has 19 heavy (non-hydrogen) atoms. The van der Waals surface area contributed by atoms with E-state index in [-0.39, 0.29) is 12.7 Å². The van der Waals surface area contributed by atoms with Crippen molar-refractivity contribution in [2.45, 2.75) is 31.4 Å². The first-order valence-corrected chi connectivity index (χ1v) is 6.03. The van der Waals surface area contributed by atoms with Gasteiger partial charge in [-0.15, -0.1) is 0 Å². The lowest BCUT2D eigenvalue weighted by Gasteiger charge is -2.12. The third-order valence-electron chi connectivity index (χ3n) is 2.95. The fourth-order valence-electron chi connectivity index (χ4n) is 1.93. The van der Waals surface area contributed by atoms with Gasteiger partial charge in [0, 0.05) is 13.0 Å². The van der Waals surface area contributed by atoms with E-state index in [4.69, 9.17) is 14.6 Å². The first-order valence-electron chi connectivity index (χ1n) is 6.03. The number of aliphatic hydroxyl groups excluding tert-OH is 1. The fourth-order valence-corrected chi connectivity index (χ4v) is 1.93. The Hall–Kier alpha value is -1.11. The average Bonchev–Trinajstić information content (AvgIpc) is 2.77. The molecule has 1 fully saturated rings. The molecule has 0 amide bonds. The number of rotatable bonds is 4. The van der Waals surface area contributed by atoms with Crippen LogP contribution in [0.3, 0.4) is 0 Å². The lowest BCUT2D eigenvalue weighted by molar-refractivity contribution is -0.137. The van der Waals surface area contributed by atoms with Gasteiger partial charge in [-0.1, -0.05) is 12.1 Å². The average molecular weight is 276 g/mol. The van der Waals surface area contributed by atoms with Crippen molar-refractivity contribution in [2.75, 3.05) is 13.2 Å². The Kier molecular flexibility index (Phi) is 4.44. The molecular formula is C13H15F3O3. The summed E-state index contributed by atoms with van der Waals surface area (Å²) >= 11 is 0. The Morgan fingerprint density at radius 2 is 1.89 bits per heavy atom. The van der Waals surface area contributed by atoms with Gasteiger partial charge in [-0.25, -0.2) is 0 Å². The SMILES string of the molecule is OCCC1COC(Cc2ccc(C(F)(F)F)cc2)O1. The number of alkyl halides is 3. The van der Waals surface area contributed by atoms with Crippen LogP contribution in [-0.4, -0.2) is 30.7 Å². The molecule has 6 heteroatoms. The number of halogens is 3. The van der Waals surface area contributed by atoms with Crippen LogP contribution in [0.2, 0.25) is 0 Å². The summed E-state index contributed by atoms with van der Waals surface area (Å²) < 4.78 is 48.0. The fraction of sp³-hybridized carbons (Fsp3) is 0.538. The quantitative estimate of drug-likeness (QED) is 0.917. The number of hydrogen-bond donors (Lipinski definition) is 1. The van der Waals surface area contributed by atoms with Crippen LogP contribution < -0.4 is 0 Å². The monoisotopic (exact) mass is 276 g/mol. The summed E-state index contributed by atoms with van der Waals surface area (Å²) in [5, 5.41) is 8.77. The summed E-state index contributed by atoms with van der Waals surface area (Å²) in [4.78, 5) is 0. The van der Waals surface area contributed by atoms with E-state index >= 15 is 0 Å². The number of hydrogen-bond acceptors (Lipinski definition) is 3. The highest BCUT2D eigenvalue weighted by Crippen LogP contribution is 2.29. The topological polar surface area (TPSA) is 38.7 Å². The van der Waals surface area contributed by atoms with Crippen LogP contribution >= 0.6 is 0 Å². The van der Waals surface area contributed by atoms with Gasteiger partial charge in [0.05, 0.1) is 18.3 Å². The summed E-state index contributed by atoms with van der Waals surface area (Å²) in [6.45, 7) is 0.437. The Bertz CT molecular complexity index is 403. The molecule has 0 saturated carbocycles. The third-order valence-corrected chi connectivity index (χ3v) is 2.95. The van der Waals surface area contributed by atoms with Crippen molar-refractivity contribution in [1.82, 2.24) is 0 Å². The first kappa shape index (κ1) is 14.3. The first-order chi connectivity index (χ1) is 8.99. The lowest BCUT2D eigenvalue weighted by Crippen LogP contribution is -2.15. The van der Waals surface area contributed by atoms with E-state index < -0.39 is 18.0 Å². The third kappa shape index (κ3) is 3.92. The minimum absolute atomic E-state index is 0.0288. The molecule has 1 aromatic rings. The van der Waals surface area contributed by atoms with Gasteiger partial charge in [-0.05, 0) is 24.1 Å². The van der Waals surface area contributed by atoms with Crippen molar-refractivity contribution >= 4 is 0 Å². The van der Waals surface area contributed by atoms with Gasteiger partial charge in [-0.3, -0.25) is 0 Å². The molecule has 1 aliphatic heterocycles. The zero-order chi connectivity index (χ0) is 13.9. The molecule has 1 heterocycles. The van der Waals surface area contributed by atoms with Crippen molar-refractivity contribution < 1.29 is 27.8 Å². The summed E-state index contributed by atoms with van der Waals surface area (Å²) in [6, 6.07) is 4.95. The Morgan fingerprint density at radius 1 is 1.21 bits per heavy atom. The van der Waals surface area contributed by atoms with Crippen molar-refractivity contribution in [3.8, 4) is 0 Å². The largest absolute Gasteiger partial charge is 0.416 e. The predicted molar refractivity (Wildman–Crippen MR) is 61.5 cm³/mol. The molecule has 1 aliphatic rings. The standard InChI is InChI=1S/C13H15F3O3/c14-13(15,16)10-3-1-9(2-4-10)7-12-18-8-11(19-12)5-6-17/h1-4,11-12,17H,5-8H2. The van der Waals surface area contributed by atoms with Gasteiger partial charge < -0.3 is 14.6 Å². The van der Waals surface area contributed by atoms with Crippen molar-refractivity contribution in [3.63, 3.8) is 0 Å². The Morgan fingerprint density at radius 3 is 2.47 bits per heavy atom. The normalized spacial score (nSPS) is 23.8. The Labute approximate surface area is 108 Å². The lowest BCUT2D eigenvalue weighted by atomic mass is 10.1. The van der Waals surface area contributed by atoms with E-state index in [1.54, 1.807) is 0 Å². The molecule has 0 bridgehead atoms. The molecule has 0 aliphatic carbocycles. The van der Waals surface area contributed by atoms with E-state index in [9.17, 15) is 13.2 Å². The van der Waals surface area contributed by atoms with Crippen LogP contribution in [0.1, 0.15) is 17.5 Å². The van der Waals surface area contributed by atoms with Crippen LogP contribution in [0.5, 0.6) is 0 Å². The number of benzene rings is 1. The summed E-state index contributed by atoms with van der Waals surface area (Å²) in [5.41, 5.74) is 0.0605. The van der Waals surface area contributed by atoms with Crippen LogP contribution in [0.25, 0.3) is 0 Å². The second-order valence-electron chi connectivity index (χ2n) is 4.43. The number of aliphatic hydroxyl groups is 1. The highest BCUT2D eigenvalue weighted by molar-refractivity contribution is 5.24. The minimum Gasteiger partial charge on any atom is -0.396 e. The van der Waals surface area contributed by atoms with E-state index in [0.29, 0.717) is 19.4 Å². The molecule has 1 saturated heterocycles. The molecule has 1 N–H and O–H groups in total. The van der Waals surface area contributed by atoms with Gasteiger partial charge in [0.1, 0.15) is 0 Å². The smallest absolute Gasteiger partial charge is 0.396 e. The maximum absolute atomic E-state index is 12.4. The molecule has 106 valence electrons. The van der Waals surface area contributed by atoms with E-state index in [1.165, 1.54) is 12.1 Å². The summed E-state index contributed by atoms with van der Waals surface area (Å²) in [6.07, 6.45) is -3.99. The second kappa shape index (κ2) is 5.90. The maximum atomic E-state index is 12.4. The van der Waals surface area contributed by atoms with E-state index in [0.717, 1.165) is 17.7 Å². The van der Waals surface area contributed by atoms with E-state index in [2.05, 4.69) is 0 Å². The highest BCUT2D eigenvalue weighted by atomic mass is 19.4. The van der Waals surface area contributed by atoms with Gasteiger partial charge in [-0.2, -0.15) is 13.2 Å². The predicted octanol–water partition coefficient (Wildman–Crippen LogP) is 2.37. The molecule has 2 atom stereocenters. The van der Waals surface area contributed by atoms with Crippen LogP contribution in [-0.2, 0) is 22.1 Å². The molecular weight excluding hydrogens is 261 g/mol. The van der Waals surface area contributed by atoms with Crippen molar-refractivity contribution in [2.24, 2.45) is 0 Å². The van der Waals surface area contributed by atoms with Crippen molar-refractivity contribution in [1.29, 1.82) is 0 Å². The van der Waals surface area contributed by atoms with Crippen LogP contribution in [0.4, 0.5) is 13.2 Å². The minimum atomic E-state index is -4.31. The summed E-state index contributed by atoms with van der Waals surface area (Å²) in [5.74, 6) is 0. The second-order valence-corrected chi connectivity index (χ2v) is 4.43. The van der Waals surface area contributed by atoms with Crippen molar-refractivity contribution in [3.05, 3.63) is 35.4 Å². The zero-order valence-electron chi connectivity index (χ0n) is 10.2. The molecule has 0 radical (unpaired) electrons. The zero-order valence-corrected chi connectivity index (χ0v) is 10.2. The molecule has 1 aromatic carbocycles. The number of ether oxygens (including phenoxy) is 2. The van der Waals surface area contributed by atoms with Gasteiger partial charge >= 0.3 is 6.18 Å². The van der Waals surface area contributed by atoms with Crippen LogP contribution in [0, 0.1) is 0 Å². The molecule has 3 nitrogen and oxygen atoms in total. The highest BCUT2D eigenvalue weighted by Gasteiger charge is 2.30. The van der Waals surface area contributed by atoms with Gasteiger partial charge in [0.15, 0.2) is 6.29 Å². The molecule has 2 rings (SSSR count). The van der Waals surface area contributed by atoms with E-state index in [1.807, 2.05) is 0 Å².